The molecule has 4 N–H and O–H groups in total. The van der Waals surface area contributed by atoms with E-state index in [0.717, 1.165) is 27.6 Å². The minimum absolute atomic E-state index is 0. The Morgan fingerprint density at radius 3 is 2.62 bits per heavy atom. The standard InChI is InChI=1S/C26H28N4O3.ClH/c1-16(28-2)25(32)29-22-13-12-18-6-3-4-9-23(18)30(26(22)33)15-20-8-5-7-17-10-11-19(24(27)31)14-21(17)20;/h3-11,14,16,22,28H,12-13,15H2,1-2H3,(H2,27,31)(H,29,32);1H. The molecule has 8 heteroatoms. The SMILES string of the molecule is CNC(C)C(=O)NC1CCc2ccccc2N(Cc2cccc3ccc(C(N)=O)cc23)C1=O.Cl. The first-order valence-corrected chi connectivity index (χ1v) is 11.1. The first kappa shape index (κ1) is 25.2. The largest absolute Gasteiger partial charge is 0.366 e. The number of aryl methyl sites for hydroxylation is 1. The number of nitrogens with zero attached hydrogens (tertiary/aromatic N) is 1. The number of hydrogen-bond acceptors (Lipinski definition) is 4. The van der Waals surface area contributed by atoms with Crippen molar-refractivity contribution in [3.05, 3.63) is 77.4 Å². The van der Waals surface area contributed by atoms with Crippen molar-refractivity contribution in [1.29, 1.82) is 0 Å². The normalized spacial score (nSPS) is 16.2. The summed E-state index contributed by atoms with van der Waals surface area (Å²) in [5.74, 6) is -0.859. The smallest absolute Gasteiger partial charge is 0.249 e. The van der Waals surface area contributed by atoms with Crippen LogP contribution in [0.4, 0.5) is 5.69 Å². The summed E-state index contributed by atoms with van der Waals surface area (Å²) in [4.78, 5) is 39.7. The van der Waals surface area contributed by atoms with Gasteiger partial charge in [0.25, 0.3) is 0 Å². The maximum atomic E-state index is 13.7. The number of carbonyl (C=O) groups is 3. The van der Waals surface area contributed by atoms with Crippen LogP contribution < -0.4 is 21.3 Å². The number of hydrogen-bond donors (Lipinski definition) is 3. The number of halogens is 1. The van der Waals surface area contributed by atoms with Crippen LogP contribution >= 0.6 is 12.4 Å². The molecule has 7 nitrogen and oxygen atoms in total. The number of benzene rings is 3. The highest BCUT2D eigenvalue weighted by Gasteiger charge is 2.32. The van der Waals surface area contributed by atoms with Gasteiger partial charge in [0.15, 0.2) is 0 Å². The molecule has 3 aromatic carbocycles. The van der Waals surface area contributed by atoms with Gasteiger partial charge in [-0.2, -0.15) is 0 Å². The highest BCUT2D eigenvalue weighted by Crippen LogP contribution is 2.30. The molecule has 2 atom stereocenters. The Morgan fingerprint density at radius 2 is 1.88 bits per heavy atom. The summed E-state index contributed by atoms with van der Waals surface area (Å²) in [6.45, 7) is 2.07. The highest BCUT2D eigenvalue weighted by atomic mass is 35.5. The molecular formula is C26H29ClN4O3. The molecule has 0 saturated heterocycles. The third-order valence-electron chi connectivity index (χ3n) is 6.28. The van der Waals surface area contributed by atoms with E-state index in [1.807, 2.05) is 48.5 Å². The van der Waals surface area contributed by atoms with Crippen LogP contribution in [-0.2, 0) is 22.6 Å². The lowest BCUT2D eigenvalue weighted by Crippen LogP contribution is -2.52. The fourth-order valence-corrected chi connectivity index (χ4v) is 4.24. The molecule has 0 saturated carbocycles. The summed E-state index contributed by atoms with van der Waals surface area (Å²) in [5.41, 5.74) is 8.71. The van der Waals surface area contributed by atoms with Crippen LogP contribution in [0.5, 0.6) is 0 Å². The van der Waals surface area contributed by atoms with Crippen LogP contribution in [0.1, 0.15) is 34.8 Å². The van der Waals surface area contributed by atoms with E-state index in [-0.39, 0.29) is 24.2 Å². The number of amides is 3. The third kappa shape index (κ3) is 5.05. The molecule has 0 spiro atoms. The van der Waals surface area contributed by atoms with Gasteiger partial charge in [-0.05, 0) is 66.9 Å². The summed E-state index contributed by atoms with van der Waals surface area (Å²) < 4.78 is 0. The monoisotopic (exact) mass is 480 g/mol. The van der Waals surface area contributed by atoms with Crippen LogP contribution in [0.25, 0.3) is 10.8 Å². The van der Waals surface area contributed by atoms with E-state index in [2.05, 4.69) is 10.6 Å². The fourth-order valence-electron chi connectivity index (χ4n) is 4.24. The van der Waals surface area contributed by atoms with E-state index < -0.39 is 18.0 Å². The number of nitrogens with one attached hydrogen (secondary N) is 2. The molecule has 4 rings (SSSR count). The van der Waals surface area contributed by atoms with E-state index in [4.69, 9.17) is 5.73 Å². The molecule has 2 unspecified atom stereocenters. The molecule has 1 aliphatic heterocycles. The number of fused-ring (bicyclic) bond motifs is 2. The number of primary amides is 1. The average molecular weight is 481 g/mol. The second-order valence-corrected chi connectivity index (χ2v) is 8.38. The van der Waals surface area contributed by atoms with Gasteiger partial charge < -0.3 is 21.3 Å². The lowest BCUT2D eigenvalue weighted by molar-refractivity contribution is -0.128. The quantitative estimate of drug-likeness (QED) is 0.504. The average Bonchev–Trinajstić information content (AvgIpc) is 2.95. The summed E-state index contributed by atoms with van der Waals surface area (Å²) in [6.07, 6.45) is 1.20. The Bertz CT molecular complexity index is 1230. The van der Waals surface area contributed by atoms with Crippen molar-refractivity contribution in [2.24, 2.45) is 5.73 Å². The van der Waals surface area contributed by atoms with E-state index >= 15 is 0 Å². The molecule has 0 radical (unpaired) electrons. The summed E-state index contributed by atoms with van der Waals surface area (Å²) in [6, 6.07) is 18.0. The number of nitrogens with two attached hydrogens (primary N) is 1. The Kier molecular flexibility index (Phi) is 7.91. The van der Waals surface area contributed by atoms with Crippen LogP contribution in [0, 0.1) is 0 Å². The Morgan fingerprint density at radius 1 is 1.12 bits per heavy atom. The van der Waals surface area contributed by atoms with E-state index in [9.17, 15) is 14.4 Å². The maximum Gasteiger partial charge on any atom is 0.249 e. The number of rotatable bonds is 6. The van der Waals surface area contributed by atoms with Crippen molar-refractivity contribution in [1.82, 2.24) is 10.6 Å². The van der Waals surface area contributed by atoms with E-state index in [1.54, 1.807) is 31.0 Å². The van der Waals surface area contributed by atoms with Crippen LogP contribution in [0.2, 0.25) is 0 Å². The molecule has 0 aliphatic carbocycles. The van der Waals surface area contributed by atoms with Crippen molar-refractivity contribution >= 4 is 46.6 Å². The fraction of sp³-hybridized carbons (Fsp3) is 0.269. The van der Waals surface area contributed by atoms with E-state index in [0.29, 0.717) is 24.9 Å². The maximum absolute atomic E-state index is 13.7. The van der Waals surface area contributed by atoms with Gasteiger partial charge in [0.1, 0.15) is 6.04 Å². The third-order valence-corrected chi connectivity index (χ3v) is 6.28. The van der Waals surface area contributed by atoms with Crippen molar-refractivity contribution in [2.45, 2.75) is 38.4 Å². The van der Waals surface area contributed by atoms with Gasteiger partial charge in [0.05, 0.1) is 12.6 Å². The van der Waals surface area contributed by atoms with Gasteiger partial charge in [-0.25, -0.2) is 0 Å². The minimum atomic E-state index is -0.628. The predicted molar refractivity (Wildman–Crippen MR) is 136 cm³/mol. The molecule has 0 aromatic heterocycles. The van der Waals surface area contributed by atoms with Crippen molar-refractivity contribution in [2.75, 3.05) is 11.9 Å². The molecule has 1 aliphatic rings. The van der Waals surface area contributed by atoms with Gasteiger partial charge in [0, 0.05) is 11.3 Å². The van der Waals surface area contributed by atoms with Gasteiger partial charge in [-0.1, -0.05) is 42.5 Å². The number of para-hydroxylation sites is 1. The molecule has 3 amide bonds. The lowest BCUT2D eigenvalue weighted by Gasteiger charge is -2.27. The van der Waals surface area contributed by atoms with Crippen LogP contribution in [0.15, 0.2) is 60.7 Å². The highest BCUT2D eigenvalue weighted by molar-refractivity contribution is 6.02. The van der Waals surface area contributed by atoms with Gasteiger partial charge >= 0.3 is 0 Å². The predicted octanol–water partition coefficient (Wildman–Crippen LogP) is 2.93. The molecule has 34 heavy (non-hydrogen) atoms. The Hall–Kier alpha value is -3.42. The molecular weight excluding hydrogens is 452 g/mol. The first-order valence-electron chi connectivity index (χ1n) is 11.1. The molecule has 0 bridgehead atoms. The topological polar surface area (TPSA) is 105 Å². The van der Waals surface area contributed by atoms with Gasteiger partial charge in [-0.3, -0.25) is 14.4 Å². The zero-order chi connectivity index (χ0) is 23.5. The van der Waals surface area contributed by atoms with Crippen molar-refractivity contribution in [3.63, 3.8) is 0 Å². The van der Waals surface area contributed by atoms with Crippen LogP contribution in [-0.4, -0.2) is 36.9 Å². The molecule has 178 valence electrons. The van der Waals surface area contributed by atoms with Crippen molar-refractivity contribution in [3.8, 4) is 0 Å². The van der Waals surface area contributed by atoms with Crippen LogP contribution in [0.3, 0.4) is 0 Å². The second-order valence-electron chi connectivity index (χ2n) is 8.38. The summed E-state index contributed by atoms with van der Waals surface area (Å²) in [7, 11) is 1.71. The van der Waals surface area contributed by atoms with Gasteiger partial charge in [-0.15, -0.1) is 12.4 Å². The van der Waals surface area contributed by atoms with E-state index in [1.165, 1.54) is 0 Å². The second kappa shape index (κ2) is 10.7. The number of likely N-dealkylation sites (N-methyl/N-ethyl adjacent to an activating group) is 1. The first-order chi connectivity index (χ1) is 15.9. The number of anilines is 1. The summed E-state index contributed by atoms with van der Waals surface area (Å²) >= 11 is 0. The zero-order valence-corrected chi connectivity index (χ0v) is 20.0. The number of carbonyl (C=O) groups excluding carboxylic acids is 3. The Labute approximate surface area is 205 Å². The molecule has 0 fully saturated rings. The van der Waals surface area contributed by atoms with Gasteiger partial charge in [0.2, 0.25) is 17.7 Å². The molecule has 1 heterocycles. The molecule has 3 aromatic rings. The van der Waals surface area contributed by atoms with Crippen molar-refractivity contribution < 1.29 is 14.4 Å². The zero-order valence-electron chi connectivity index (χ0n) is 19.2. The lowest BCUT2D eigenvalue weighted by atomic mass is 10.0. The Balaban J connectivity index is 0.00000324. The minimum Gasteiger partial charge on any atom is -0.366 e. The summed E-state index contributed by atoms with van der Waals surface area (Å²) in [5, 5.41) is 7.66.